The van der Waals surface area contributed by atoms with Crippen LogP contribution in [0.4, 0.5) is 0 Å². The van der Waals surface area contributed by atoms with E-state index in [9.17, 15) is 4.79 Å². The van der Waals surface area contributed by atoms with E-state index in [2.05, 4.69) is 45.3 Å². The maximum Gasteiger partial charge on any atom is 0.221 e. The van der Waals surface area contributed by atoms with E-state index in [-0.39, 0.29) is 16.9 Å². The van der Waals surface area contributed by atoms with E-state index in [1.54, 1.807) is 0 Å². The first-order valence-electron chi connectivity index (χ1n) is 7.25. The molecule has 1 aliphatic carbocycles. The van der Waals surface area contributed by atoms with Gasteiger partial charge in [-0.2, -0.15) is 0 Å². The molecule has 0 spiro atoms. The van der Waals surface area contributed by atoms with Crippen molar-refractivity contribution in [2.24, 2.45) is 5.41 Å². The first-order valence-corrected chi connectivity index (χ1v) is 7.25. The lowest BCUT2D eigenvalue weighted by atomic mass is 9.73. The molecule has 0 aromatic carbocycles. The van der Waals surface area contributed by atoms with Crippen molar-refractivity contribution in [2.45, 2.75) is 78.3 Å². The molecule has 0 aliphatic heterocycles. The van der Waals surface area contributed by atoms with Gasteiger partial charge >= 0.3 is 0 Å². The average Bonchev–Trinajstić information content (AvgIpc) is 2.19. The van der Waals surface area contributed by atoms with E-state index in [0.29, 0.717) is 12.5 Å². The molecule has 0 bridgehead atoms. The first kappa shape index (κ1) is 15.5. The van der Waals surface area contributed by atoms with E-state index >= 15 is 0 Å². The van der Waals surface area contributed by atoms with Gasteiger partial charge in [0.05, 0.1) is 0 Å². The van der Waals surface area contributed by atoms with Crippen LogP contribution in [-0.2, 0) is 4.79 Å². The van der Waals surface area contributed by atoms with Crippen molar-refractivity contribution >= 4 is 5.91 Å². The molecule has 3 heteroatoms. The smallest absolute Gasteiger partial charge is 0.221 e. The highest BCUT2D eigenvalue weighted by atomic mass is 16.1. The van der Waals surface area contributed by atoms with E-state index in [0.717, 1.165) is 13.0 Å². The number of hydrogen-bond acceptors (Lipinski definition) is 2. The van der Waals surface area contributed by atoms with Crippen molar-refractivity contribution in [3.8, 4) is 0 Å². The summed E-state index contributed by atoms with van der Waals surface area (Å²) < 4.78 is 0. The Morgan fingerprint density at radius 3 is 2.50 bits per heavy atom. The van der Waals surface area contributed by atoms with Gasteiger partial charge < -0.3 is 10.6 Å². The fourth-order valence-corrected chi connectivity index (χ4v) is 2.58. The van der Waals surface area contributed by atoms with Crippen molar-refractivity contribution in [3.63, 3.8) is 0 Å². The van der Waals surface area contributed by atoms with Gasteiger partial charge in [0.15, 0.2) is 0 Å². The molecular weight excluding hydrogens is 224 g/mol. The monoisotopic (exact) mass is 254 g/mol. The van der Waals surface area contributed by atoms with Crippen LogP contribution in [-0.4, -0.2) is 24.0 Å². The van der Waals surface area contributed by atoms with Crippen molar-refractivity contribution in [1.29, 1.82) is 0 Å². The Hall–Kier alpha value is -0.570. The minimum absolute atomic E-state index is 0.0877. The van der Waals surface area contributed by atoms with Crippen molar-refractivity contribution < 1.29 is 4.79 Å². The van der Waals surface area contributed by atoms with Crippen molar-refractivity contribution in [2.75, 3.05) is 6.54 Å². The highest BCUT2D eigenvalue weighted by Crippen LogP contribution is 2.35. The van der Waals surface area contributed by atoms with Gasteiger partial charge in [-0.15, -0.1) is 0 Å². The Balaban J connectivity index is 2.31. The summed E-state index contributed by atoms with van der Waals surface area (Å²) in [6.45, 7) is 11.6. The van der Waals surface area contributed by atoms with E-state index in [4.69, 9.17) is 0 Å². The topological polar surface area (TPSA) is 41.1 Å². The lowest BCUT2D eigenvalue weighted by Gasteiger charge is -2.39. The number of hydrogen-bond donors (Lipinski definition) is 2. The zero-order valence-corrected chi connectivity index (χ0v) is 12.7. The van der Waals surface area contributed by atoms with Crippen molar-refractivity contribution in [3.05, 3.63) is 0 Å². The first-order chi connectivity index (χ1) is 8.21. The molecule has 106 valence electrons. The lowest BCUT2D eigenvalue weighted by Crippen LogP contribution is -2.47. The van der Waals surface area contributed by atoms with Crippen LogP contribution < -0.4 is 10.6 Å². The molecule has 1 saturated carbocycles. The third-order valence-corrected chi connectivity index (χ3v) is 3.85. The third-order valence-electron chi connectivity index (χ3n) is 3.85. The minimum atomic E-state index is 0.0877. The molecule has 1 fully saturated rings. The van der Waals surface area contributed by atoms with E-state index in [1.807, 2.05) is 0 Å². The molecule has 3 nitrogen and oxygen atoms in total. The van der Waals surface area contributed by atoms with Gasteiger partial charge in [-0.05, 0) is 39.0 Å². The molecule has 0 aromatic rings. The predicted molar refractivity (Wildman–Crippen MR) is 76.6 cm³/mol. The fourth-order valence-electron chi connectivity index (χ4n) is 2.58. The second-order valence-corrected chi connectivity index (χ2v) is 7.28. The minimum Gasteiger partial charge on any atom is -0.353 e. The van der Waals surface area contributed by atoms with Crippen LogP contribution in [0.1, 0.15) is 66.7 Å². The normalized spacial score (nSPS) is 23.7. The molecule has 1 atom stereocenters. The van der Waals surface area contributed by atoms with Gasteiger partial charge in [0.25, 0.3) is 0 Å². The molecule has 0 heterocycles. The summed E-state index contributed by atoms with van der Waals surface area (Å²) in [6, 6.07) is 0.355. The highest BCUT2D eigenvalue weighted by Gasteiger charge is 2.32. The Morgan fingerprint density at radius 2 is 1.94 bits per heavy atom. The number of amides is 1. The molecule has 1 rings (SSSR count). The van der Waals surface area contributed by atoms with Crippen LogP contribution in [0.3, 0.4) is 0 Å². The van der Waals surface area contributed by atoms with Crippen LogP contribution in [0.2, 0.25) is 0 Å². The van der Waals surface area contributed by atoms with Crippen LogP contribution in [0.15, 0.2) is 0 Å². The molecule has 1 unspecified atom stereocenters. The summed E-state index contributed by atoms with van der Waals surface area (Å²) in [6.07, 6.45) is 5.47. The predicted octanol–water partition coefficient (Wildman–Crippen LogP) is 2.85. The summed E-state index contributed by atoms with van der Waals surface area (Å²) in [7, 11) is 0. The number of rotatable bonds is 4. The summed E-state index contributed by atoms with van der Waals surface area (Å²) in [5.41, 5.74) is 0.343. The Bertz CT molecular complexity index is 279. The molecule has 1 amide bonds. The highest BCUT2D eigenvalue weighted by molar-refractivity contribution is 5.76. The molecule has 0 saturated heterocycles. The van der Waals surface area contributed by atoms with E-state index < -0.39 is 0 Å². The SMILES string of the molecule is CC(C)(C)NCCC(=O)NC1CCCCC1(C)C. The number of nitrogens with one attached hydrogen (secondary N) is 2. The van der Waals surface area contributed by atoms with Crippen LogP contribution in [0.5, 0.6) is 0 Å². The van der Waals surface area contributed by atoms with Gasteiger partial charge in [-0.3, -0.25) is 4.79 Å². The number of carbonyl (C=O) groups excluding carboxylic acids is 1. The van der Waals surface area contributed by atoms with Crippen LogP contribution >= 0.6 is 0 Å². The zero-order valence-electron chi connectivity index (χ0n) is 12.7. The zero-order chi connectivity index (χ0) is 13.8. The maximum atomic E-state index is 11.9. The largest absolute Gasteiger partial charge is 0.353 e. The third kappa shape index (κ3) is 5.38. The van der Waals surface area contributed by atoms with Gasteiger partial charge in [0.1, 0.15) is 0 Å². The molecular formula is C15H30N2O. The Labute approximate surface area is 112 Å². The molecule has 18 heavy (non-hydrogen) atoms. The molecule has 0 radical (unpaired) electrons. The number of carbonyl (C=O) groups is 1. The quantitative estimate of drug-likeness (QED) is 0.810. The summed E-state index contributed by atoms with van der Waals surface area (Å²) in [5.74, 6) is 0.187. The average molecular weight is 254 g/mol. The van der Waals surface area contributed by atoms with Gasteiger partial charge in [0.2, 0.25) is 5.91 Å². The standard InChI is InChI=1S/C15H30N2O/c1-14(2,3)16-11-9-13(18)17-12-8-6-7-10-15(12,4)5/h12,16H,6-11H2,1-5H3,(H,17,18). The van der Waals surface area contributed by atoms with Crippen molar-refractivity contribution in [1.82, 2.24) is 10.6 Å². The Morgan fingerprint density at radius 1 is 1.28 bits per heavy atom. The molecule has 0 aromatic heterocycles. The second kappa shape index (κ2) is 6.05. The second-order valence-electron chi connectivity index (χ2n) is 7.28. The summed E-state index contributed by atoms with van der Waals surface area (Å²) >= 11 is 0. The Kier molecular flexibility index (Phi) is 5.20. The van der Waals surface area contributed by atoms with E-state index in [1.165, 1.54) is 19.3 Å². The van der Waals surface area contributed by atoms with Crippen LogP contribution in [0.25, 0.3) is 0 Å². The van der Waals surface area contributed by atoms with Gasteiger partial charge in [-0.25, -0.2) is 0 Å². The summed E-state index contributed by atoms with van der Waals surface area (Å²) in [5, 5.41) is 6.57. The fraction of sp³-hybridized carbons (Fsp3) is 0.933. The van der Waals surface area contributed by atoms with Crippen LogP contribution in [0, 0.1) is 5.41 Å². The molecule has 1 aliphatic rings. The van der Waals surface area contributed by atoms with Gasteiger partial charge in [-0.1, -0.05) is 26.7 Å². The molecule has 2 N–H and O–H groups in total. The maximum absolute atomic E-state index is 11.9. The van der Waals surface area contributed by atoms with Gasteiger partial charge in [0, 0.05) is 24.5 Å². The summed E-state index contributed by atoms with van der Waals surface area (Å²) in [4.78, 5) is 11.9. The lowest BCUT2D eigenvalue weighted by molar-refractivity contribution is -0.122.